The second-order valence-electron chi connectivity index (χ2n) is 5.83. The minimum Gasteiger partial charge on any atom is -0.507 e. The number of rotatable bonds is 7. The van der Waals surface area contributed by atoms with E-state index in [1.807, 2.05) is 6.92 Å². The first-order chi connectivity index (χ1) is 12.9. The molecule has 4 N–H and O–H groups in total. The average molecular weight is 374 g/mol. The quantitative estimate of drug-likeness (QED) is 0.427. The molecule has 0 aliphatic heterocycles. The number of H-pyrrole nitrogens is 1. The fraction of sp³-hybridized carbons (Fsp3) is 0.333. The van der Waals surface area contributed by atoms with E-state index in [0.717, 1.165) is 11.0 Å². The van der Waals surface area contributed by atoms with Crippen LogP contribution in [-0.4, -0.2) is 31.4 Å². The highest BCUT2D eigenvalue weighted by Crippen LogP contribution is 2.16. The van der Waals surface area contributed by atoms with Crippen LogP contribution >= 0.6 is 0 Å². The predicted octanol–water partition coefficient (Wildman–Crippen LogP) is 1.29. The van der Waals surface area contributed by atoms with Crippen LogP contribution in [-0.2, 0) is 6.54 Å². The summed E-state index contributed by atoms with van der Waals surface area (Å²) in [6.45, 7) is 3.86. The van der Waals surface area contributed by atoms with Gasteiger partial charge in [-0.25, -0.2) is 10.2 Å². The number of para-hydroxylation sites is 1. The van der Waals surface area contributed by atoms with Crippen molar-refractivity contribution >= 4 is 11.6 Å². The lowest BCUT2D eigenvalue weighted by molar-refractivity contribution is 0.0952. The van der Waals surface area contributed by atoms with Crippen LogP contribution in [0.15, 0.2) is 39.0 Å². The number of phenolic OH excluding ortho intramolecular Hbond substituents is 1. The highest BCUT2D eigenvalue weighted by molar-refractivity contribution is 6.03. The molecule has 27 heavy (non-hydrogen) atoms. The molecular formula is C18H22N4O5. The van der Waals surface area contributed by atoms with Gasteiger partial charge in [0.15, 0.2) is 0 Å². The first kappa shape index (κ1) is 20.0. The highest BCUT2D eigenvalue weighted by atomic mass is 16.3. The highest BCUT2D eigenvalue weighted by Gasteiger charge is 2.19. The topological polar surface area (TPSA) is 137 Å². The molecule has 9 nitrogen and oxygen atoms in total. The number of benzene rings is 1. The number of carbonyl (C=O) groups is 1. The lowest BCUT2D eigenvalue weighted by Gasteiger charge is -2.12. The number of hydrogen-bond donors (Lipinski definition) is 4. The fourth-order valence-electron chi connectivity index (χ4n) is 2.50. The number of carbonyl (C=O) groups excluding carboxylic acids is 1. The van der Waals surface area contributed by atoms with Gasteiger partial charge in [0.1, 0.15) is 11.3 Å². The van der Waals surface area contributed by atoms with Crippen LogP contribution < -0.4 is 16.7 Å². The van der Waals surface area contributed by atoms with Crippen molar-refractivity contribution in [3.05, 3.63) is 56.2 Å². The number of nitrogens with zero attached hydrogens (tertiary/aromatic N) is 2. The van der Waals surface area contributed by atoms with Gasteiger partial charge in [-0.3, -0.25) is 19.1 Å². The lowest BCUT2D eigenvalue weighted by Crippen LogP contribution is -2.34. The number of unbranched alkanes of at least 4 members (excludes halogenated alkanes) is 1. The Morgan fingerprint density at radius 3 is 2.56 bits per heavy atom. The Labute approximate surface area is 155 Å². The van der Waals surface area contributed by atoms with E-state index in [2.05, 4.69) is 15.5 Å². The van der Waals surface area contributed by atoms with Crippen molar-refractivity contribution in [2.45, 2.75) is 39.7 Å². The smallest absolute Gasteiger partial charge is 0.331 e. The molecule has 0 aliphatic carbocycles. The van der Waals surface area contributed by atoms with Crippen LogP contribution in [0.3, 0.4) is 0 Å². The molecule has 144 valence electrons. The summed E-state index contributed by atoms with van der Waals surface area (Å²) in [5, 5.41) is 24.0. The maximum atomic E-state index is 12.2. The van der Waals surface area contributed by atoms with Crippen molar-refractivity contribution in [1.29, 1.82) is 0 Å². The normalized spacial score (nSPS) is 11.4. The fourth-order valence-corrected chi connectivity index (χ4v) is 2.50. The Kier molecular flexibility index (Phi) is 6.53. The van der Waals surface area contributed by atoms with Gasteiger partial charge in [0.05, 0.1) is 11.3 Å². The first-order valence-electron chi connectivity index (χ1n) is 8.62. The van der Waals surface area contributed by atoms with Crippen LogP contribution in [0.5, 0.6) is 11.6 Å². The zero-order valence-electron chi connectivity index (χ0n) is 15.2. The van der Waals surface area contributed by atoms with E-state index in [1.165, 1.54) is 12.1 Å². The summed E-state index contributed by atoms with van der Waals surface area (Å²) in [5.74, 6) is -1.37. The van der Waals surface area contributed by atoms with E-state index >= 15 is 0 Å². The van der Waals surface area contributed by atoms with Gasteiger partial charge in [0.2, 0.25) is 5.88 Å². The molecule has 0 spiro atoms. The third-order valence-corrected chi connectivity index (χ3v) is 3.97. The maximum absolute atomic E-state index is 12.2. The molecule has 0 radical (unpaired) electrons. The number of nitrogens with one attached hydrogen (secondary N) is 2. The summed E-state index contributed by atoms with van der Waals surface area (Å²) < 4.78 is 1.07. The Morgan fingerprint density at radius 2 is 1.93 bits per heavy atom. The van der Waals surface area contributed by atoms with Crippen LogP contribution in [0, 0.1) is 0 Å². The van der Waals surface area contributed by atoms with Gasteiger partial charge in [-0.05, 0) is 25.0 Å². The van der Waals surface area contributed by atoms with Gasteiger partial charge >= 0.3 is 5.69 Å². The Bertz CT molecular complexity index is 974. The Morgan fingerprint density at radius 1 is 1.22 bits per heavy atom. The summed E-state index contributed by atoms with van der Waals surface area (Å²) in [6.07, 6.45) is 1.65. The molecule has 0 aliphatic rings. The molecular weight excluding hydrogens is 352 g/mol. The third-order valence-electron chi connectivity index (χ3n) is 3.97. The van der Waals surface area contributed by atoms with Gasteiger partial charge in [-0.1, -0.05) is 32.4 Å². The van der Waals surface area contributed by atoms with E-state index in [1.54, 1.807) is 19.1 Å². The molecule has 2 aromatic rings. The second-order valence-corrected chi connectivity index (χ2v) is 5.83. The SMILES string of the molecule is CCCCn1c(O)c(C(CC)=NNC(=O)c2ccccc2O)c(=O)[nH]c1=O. The van der Waals surface area contributed by atoms with Gasteiger partial charge in [-0.15, -0.1) is 0 Å². The summed E-state index contributed by atoms with van der Waals surface area (Å²) in [6, 6.07) is 5.93. The van der Waals surface area contributed by atoms with Crippen molar-refractivity contribution in [1.82, 2.24) is 15.0 Å². The Hall–Kier alpha value is -3.36. The maximum Gasteiger partial charge on any atom is 0.331 e. The summed E-state index contributed by atoms with van der Waals surface area (Å²) in [7, 11) is 0. The summed E-state index contributed by atoms with van der Waals surface area (Å²) in [4.78, 5) is 38.4. The number of hydrazone groups is 1. The summed E-state index contributed by atoms with van der Waals surface area (Å²) >= 11 is 0. The standard InChI is InChI=1S/C18H22N4O5/c1-3-5-10-22-17(26)14(16(25)19-18(22)27)12(4-2)20-21-15(24)11-8-6-7-9-13(11)23/h6-9,23,26H,3-5,10H2,1-2H3,(H,21,24)(H,19,25,27). The zero-order valence-corrected chi connectivity index (χ0v) is 15.2. The molecule has 9 heteroatoms. The molecule has 0 fully saturated rings. The first-order valence-corrected chi connectivity index (χ1v) is 8.62. The van der Waals surface area contributed by atoms with Gasteiger partial charge in [-0.2, -0.15) is 5.10 Å². The van der Waals surface area contributed by atoms with E-state index in [-0.39, 0.29) is 35.6 Å². The van der Waals surface area contributed by atoms with Crippen LogP contribution in [0.1, 0.15) is 49.0 Å². The van der Waals surface area contributed by atoms with E-state index < -0.39 is 23.0 Å². The zero-order chi connectivity index (χ0) is 20.0. The second kappa shape index (κ2) is 8.84. The number of aromatic hydroxyl groups is 2. The van der Waals surface area contributed by atoms with E-state index in [4.69, 9.17) is 0 Å². The van der Waals surface area contributed by atoms with Crippen LogP contribution in [0.4, 0.5) is 0 Å². The molecule has 1 heterocycles. The van der Waals surface area contributed by atoms with E-state index in [9.17, 15) is 24.6 Å². The van der Waals surface area contributed by atoms with Crippen molar-refractivity contribution < 1.29 is 15.0 Å². The monoisotopic (exact) mass is 374 g/mol. The van der Waals surface area contributed by atoms with Gasteiger partial charge < -0.3 is 10.2 Å². The minimum absolute atomic E-state index is 0.0164. The van der Waals surface area contributed by atoms with Gasteiger partial charge in [0, 0.05) is 6.54 Å². The summed E-state index contributed by atoms with van der Waals surface area (Å²) in [5.41, 5.74) is 0.705. The van der Waals surface area contributed by atoms with Crippen molar-refractivity contribution in [2.24, 2.45) is 5.10 Å². The number of aromatic nitrogens is 2. The molecule has 1 amide bonds. The molecule has 0 unspecified atom stereocenters. The van der Waals surface area contributed by atoms with Crippen LogP contribution in [0.25, 0.3) is 0 Å². The minimum atomic E-state index is -0.789. The molecule has 1 aromatic carbocycles. The largest absolute Gasteiger partial charge is 0.507 e. The molecule has 2 rings (SSSR count). The number of hydrogen-bond acceptors (Lipinski definition) is 6. The van der Waals surface area contributed by atoms with Gasteiger partial charge in [0.25, 0.3) is 11.5 Å². The van der Waals surface area contributed by atoms with Crippen molar-refractivity contribution in [2.75, 3.05) is 0 Å². The molecule has 1 aromatic heterocycles. The van der Waals surface area contributed by atoms with E-state index in [0.29, 0.717) is 6.42 Å². The van der Waals surface area contributed by atoms with Crippen molar-refractivity contribution in [3.63, 3.8) is 0 Å². The third kappa shape index (κ3) is 4.43. The average Bonchev–Trinajstić information content (AvgIpc) is 2.64. The molecule has 0 saturated heterocycles. The molecule has 0 atom stereocenters. The number of amides is 1. The molecule has 0 bridgehead atoms. The predicted molar refractivity (Wildman–Crippen MR) is 100 cm³/mol. The number of phenols is 1. The lowest BCUT2D eigenvalue weighted by atomic mass is 10.1. The Balaban J connectivity index is 2.41. The van der Waals surface area contributed by atoms with Crippen LogP contribution in [0.2, 0.25) is 0 Å². The molecule has 0 saturated carbocycles. The van der Waals surface area contributed by atoms with Crippen molar-refractivity contribution in [3.8, 4) is 11.6 Å². The number of aromatic amines is 1.